The third-order valence-electron chi connectivity index (χ3n) is 4.21. The average Bonchev–Trinajstić information content (AvgIpc) is 3.12. The third-order valence-corrected chi connectivity index (χ3v) is 4.21. The maximum Gasteiger partial charge on any atom is 0.289 e. The Morgan fingerprint density at radius 1 is 1.33 bits per heavy atom. The van der Waals surface area contributed by atoms with Crippen molar-refractivity contribution >= 4 is 5.91 Å². The van der Waals surface area contributed by atoms with Crippen LogP contribution in [0.5, 0.6) is 0 Å². The molecule has 0 spiro atoms. The van der Waals surface area contributed by atoms with Crippen LogP contribution in [-0.4, -0.2) is 47.9 Å². The normalized spacial score (nSPS) is 23.1. The number of hydrogen-bond acceptors (Lipinski definition) is 3. The molecule has 1 saturated heterocycles. The molecule has 4 heteroatoms. The van der Waals surface area contributed by atoms with Gasteiger partial charge in [-0.05, 0) is 37.8 Å². The van der Waals surface area contributed by atoms with Gasteiger partial charge in [0.2, 0.25) is 0 Å². The van der Waals surface area contributed by atoms with Crippen LogP contribution in [0.2, 0.25) is 0 Å². The summed E-state index contributed by atoms with van der Waals surface area (Å²) in [5.74, 6) is 1.38. The maximum atomic E-state index is 12.1. The van der Waals surface area contributed by atoms with Gasteiger partial charge in [-0.15, -0.1) is 0 Å². The number of carbonyl (C=O) groups excluding carboxylic acids is 1. The van der Waals surface area contributed by atoms with E-state index in [2.05, 4.69) is 11.8 Å². The zero-order chi connectivity index (χ0) is 12.5. The van der Waals surface area contributed by atoms with Gasteiger partial charge in [-0.1, -0.05) is 0 Å². The molecule has 18 heavy (non-hydrogen) atoms. The van der Waals surface area contributed by atoms with Crippen molar-refractivity contribution in [2.24, 2.45) is 5.92 Å². The van der Waals surface area contributed by atoms with Gasteiger partial charge in [0.25, 0.3) is 5.91 Å². The fraction of sp³-hybridized carbons (Fsp3) is 0.643. The third kappa shape index (κ3) is 2.29. The van der Waals surface area contributed by atoms with Gasteiger partial charge in [0.1, 0.15) is 0 Å². The summed E-state index contributed by atoms with van der Waals surface area (Å²) >= 11 is 0. The highest BCUT2D eigenvalue weighted by molar-refractivity contribution is 5.91. The predicted octanol–water partition coefficient (Wildman–Crippen LogP) is 1.84. The zero-order valence-electron chi connectivity index (χ0n) is 10.8. The second kappa shape index (κ2) is 4.76. The van der Waals surface area contributed by atoms with Crippen molar-refractivity contribution in [1.82, 2.24) is 9.80 Å². The van der Waals surface area contributed by atoms with E-state index in [0.717, 1.165) is 32.1 Å². The Kier molecular flexibility index (Phi) is 3.12. The van der Waals surface area contributed by atoms with E-state index >= 15 is 0 Å². The second-order valence-electron chi connectivity index (χ2n) is 5.38. The van der Waals surface area contributed by atoms with Crippen molar-refractivity contribution in [2.75, 3.05) is 26.2 Å². The van der Waals surface area contributed by atoms with Crippen LogP contribution in [0.25, 0.3) is 0 Å². The van der Waals surface area contributed by atoms with Crippen LogP contribution in [0.1, 0.15) is 30.3 Å². The smallest absolute Gasteiger partial charge is 0.289 e. The minimum Gasteiger partial charge on any atom is -0.459 e. The highest BCUT2D eigenvalue weighted by atomic mass is 16.3. The molecule has 0 bridgehead atoms. The van der Waals surface area contributed by atoms with E-state index in [1.807, 2.05) is 4.90 Å². The minimum atomic E-state index is 0.0266. The molecular formula is C14H20N2O2. The van der Waals surface area contributed by atoms with Crippen LogP contribution in [0.3, 0.4) is 0 Å². The van der Waals surface area contributed by atoms with Gasteiger partial charge in [0, 0.05) is 32.2 Å². The molecule has 98 valence electrons. The molecule has 1 aliphatic heterocycles. The summed E-state index contributed by atoms with van der Waals surface area (Å²) in [6.45, 7) is 5.93. The highest BCUT2D eigenvalue weighted by Crippen LogP contribution is 2.35. The van der Waals surface area contributed by atoms with Crippen LogP contribution in [0, 0.1) is 5.92 Å². The number of hydrogen-bond donors (Lipinski definition) is 0. The summed E-state index contributed by atoms with van der Waals surface area (Å²) < 4.78 is 5.17. The van der Waals surface area contributed by atoms with Gasteiger partial charge < -0.3 is 9.32 Å². The van der Waals surface area contributed by atoms with E-state index in [1.54, 1.807) is 18.4 Å². The zero-order valence-corrected chi connectivity index (χ0v) is 10.8. The molecule has 1 aromatic rings. The lowest BCUT2D eigenvalue weighted by atomic mass is 10.1. The first-order chi connectivity index (χ1) is 8.75. The van der Waals surface area contributed by atoms with Crippen LogP contribution in [0.4, 0.5) is 0 Å². The molecule has 1 aliphatic carbocycles. The molecule has 1 atom stereocenters. The first-order valence-electron chi connectivity index (χ1n) is 6.82. The summed E-state index contributed by atoms with van der Waals surface area (Å²) in [5, 5.41) is 0. The molecule has 3 rings (SSSR count). The molecule has 0 radical (unpaired) electrons. The largest absolute Gasteiger partial charge is 0.459 e. The maximum absolute atomic E-state index is 12.1. The fourth-order valence-electron chi connectivity index (χ4n) is 2.77. The standard InChI is InChI=1S/C14H20N2O2/c1-11(12-4-5-12)15-6-8-16(9-7-15)14(17)13-3-2-10-18-13/h2-3,10-12H,4-9H2,1H3. The van der Waals surface area contributed by atoms with Crippen molar-refractivity contribution in [2.45, 2.75) is 25.8 Å². The Balaban J connectivity index is 1.55. The molecule has 1 amide bonds. The summed E-state index contributed by atoms with van der Waals surface area (Å²) in [7, 11) is 0. The summed E-state index contributed by atoms with van der Waals surface area (Å²) in [6.07, 6.45) is 4.32. The first-order valence-corrected chi connectivity index (χ1v) is 6.82. The topological polar surface area (TPSA) is 36.7 Å². The number of rotatable bonds is 3. The Bertz CT molecular complexity index is 403. The monoisotopic (exact) mass is 248 g/mol. The van der Waals surface area contributed by atoms with Crippen LogP contribution >= 0.6 is 0 Å². The molecular weight excluding hydrogens is 228 g/mol. The van der Waals surface area contributed by atoms with Gasteiger partial charge in [-0.25, -0.2) is 0 Å². The predicted molar refractivity (Wildman–Crippen MR) is 68.4 cm³/mol. The van der Waals surface area contributed by atoms with E-state index < -0.39 is 0 Å². The summed E-state index contributed by atoms with van der Waals surface area (Å²) in [4.78, 5) is 16.5. The quantitative estimate of drug-likeness (QED) is 0.819. The highest BCUT2D eigenvalue weighted by Gasteiger charge is 2.34. The van der Waals surface area contributed by atoms with E-state index in [1.165, 1.54) is 12.8 Å². The van der Waals surface area contributed by atoms with E-state index in [0.29, 0.717) is 11.8 Å². The van der Waals surface area contributed by atoms with E-state index in [4.69, 9.17) is 4.42 Å². The number of carbonyl (C=O) groups is 1. The van der Waals surface area contributed by atoms with Crippen LogP contribution in [0.15, 0.2) is 22.8 Å². The molecule has 4 nitrogen and oxygen atoms in total. The fourth-order valence-corrected chi connectivity index (χ4v) is 2.77. The average molecular weight is 248 g/mol. The summed E-state index contributed by atoms with van der Waals surface area (Å²) in [6, 6.07) is 4.19. The lowest BCUT2D eigenvalue weighted by Gasteiger charge is -2.37. The Labute approximate surface area is 108 Å². The number of nitrogens with zero attached hydrogens (tertiary/aromatic N) is 2. The van der Waals surface area contributed by atoms with Crippen molar-refractivity contribution in [3.63, 3.8) is 0 Å². The lowest BCUT2D eigenvalue weighted by Crippen LogP contribution is -2.51. The van der Waals surface area contributed by atoms with Crippen molar-refractivity contribution < 1.29 is 9.21 Å². The molecule has 1 unspecified atom stereocenters. The van der Waals surface area contributed by atoms with Gasteiger partial charge in [-0.3, -0.25) is 9.69 Å². The minimum absolute atomic E-state index is 0.0266. The second-order valence-corrected chi connectivity index (χ2v) is 5.38. The van der Waals surface area contributed by atoms with Gasteiger partial charge in [0.15, 0.2) is 5.76 Å². The molecule has 1 saturated carbocycles. The van der Waals surface area contributed by atoms with Gasteiger partial charge in [0.05, 0.1) is 6.26 Å². The van der Waals surface area contributed by atoms with Crippen molar-refractivity contribution in [1.29, 1.82) is 0 Å². The molecule has 1 aromatic heterocycles. The lowest BCUT2D eigenvalue weighted by molar-refractivity contribution is 0.0536. The van der Waals surface area contributed by atoms with E-state index in [9.17, 15) is 4.79 Å². The van der Waals surface area contributed by atoms with Gasteiger partial charge >= 0.3 is 0 Å². The molecule has 0 N–H and O–H groups in total. The summed E-state index contributed by atoms with van der Waals surface area (Å²) in [5.41, 5.74) is 0. The number of furan rings is 1. The Hall–Kier alpha value is -1.29. The molecule has 0 aromatic carbocycles. The number of amides is 1. The molecule has 2 aliphatic rings. The first kappa shape index (κ1) is 11.8. The van der Waals surface area contributed by atoms with Crippen molar-refractivity contribution in [3.05, 3.63) is 24.2 Å². The Morgan fingerprint density at radius 2 is 2.06 bits per heavy atom. The molecule has 2 heterocycles. The Morgan fingerprint density at radius 3 is 2.61 bits per heavy atom. The van der Waals surface area contributed by atoms with Crippen LogP contribution in [-0.2, 0) is 0 Å². The molecule has 2 fully saturated rings. The van der Waals surface area contributed by atoms with E-state index in [-0.39, 0.29) is 5.91 Å². The van der Waals surface area contributed by atoms with Crippen LogP contribution < -0.4 is 0 Å². The van der Waals surface area contributed by atoms with Gasteiger partial charge in [-0.2, -0.15) is 0 Å². The SMILES string of the molecule is CC(C1CC1)N1CCN(C(=O)c2ccco2)CC1. The van der Waals surface area contributed by atoms with Crippen molar-refractivity contribution in [3.8, 4) is 0 Å². The number of piperazine rings is 1.